The molecule has 0 aromatic carbocycles. The third-order valence-corrected chi connectivity index (χ3v) is 12.3. The van der Waals surface area contributed by atoms with Crippen molar-refractivity contribution in [3.63, 3.8) is 0 Å². The molecule has 0 aromatic rings. The zero-order valence-electron chi connectivity index (χ0n) is 33.3. The van der Waals surface area contributed by atoms with E-state index in [9.17, 15) is 24.6 Å². The number of unbranched alkanes of at least 4 members (excludes halogenated alkanes) is 32. The lowest BCUT2D eigenvalue weighted by Gasteiger charge is -2.20. The maximum atomic E-state index is 13.1. The van der Waals surface area contributed by atoms with Crippen LogP contribution in [0.3, 0.4) is 0 Å². The van der Waals surface area contributed by atoms with Crippen LogP contribution in [-0.4, -0.2) is 39.9 Å². The van der Waals surface area contributed by atoms with E-state index in [0.717, 1.165) is 38.5 Å². The van der Waals surface area contributed by atoms with Crippen LogP contribution in [0.25, 0.3) is 0 Å². The molecule has 1 unspecified atom stereocenters. The first-order chi connectivity index (χ1) is 24.5. The zero-order valence-corrected chi connectivity index (χ0v) is 34.2. The first kappa shape index (κ1) is 49.2. The fourth-order valence-corrected chi connectivity index (χ4v) is 8.67. The number of aliphatic carboxylic acids is 1. The van der Waals surface area contributed by atoms with E-state index in [2.05, 4.69) is 18.9 Å². The average molecular weight is 726 g/mol. The van der Waals surface area contributed by atoms with Gasteiger partial charge in [0.2, 0.25) is 0 Å². The average Bonchev–Trinajstić information content (AvgIpc) is 3.11. The van der Waals surface area contributed by atoms with Crippen molar-refractivity contribution in [2.45, 2.75) is 251 Å². The van der Waals surface area contributed by atoms with Gasteiger partial charge in [0.25, 0.3) is 0 Å². The lowest BCUT2D eigenvalue weighted by molar-refractivity contribution is -0.139. The summed E-state index contributed by atoms with van der Waals surface area (Å²) in [5, 5.41) is 21.7. The number of hydrogen-bond donors (Lipinski definition) is 3. The van der Waals surface area contributed by atoms with Gasteiger partial charge in [0, 0.05) is 12.8 Å². The summed E-state index contributed by atoms with van der Waals surface area (Å²) in [5.74, 6) is -1.23. The number of aliphatic hydroxyl groups is 1. The number of aliphatic hydroxyl groups excluding tert-OH is 1. The van der Waals surface area contributed by atoms with Gasteiger partial charge in [-0.25, -0.2) is 0 Å². The molecule has 6 nitrogen and oxygen atoms in total. The van der Waals surface area contributed by atoms with Crippen LogP contribution < -0.4 is 5.09 Å². The van der Waals surface area contributed by atoms with E-state index in [0.29, 0.717) is 12.8 Å². The number of carboxylic acid groups (broad SMARTS) is 1. The molecule has 0 heterocycles. The van der Waals surface area contributed by atoms with E-state index >= 15 is 0 Å². The highest BCUT2D eigenvalue weighted by molar-refractivity contribution is 7.87. The fraction of sp³-hybridized carbons (Fsp3) is 0.930. The first-order valence-corrected chi connectivity index (χ1v) is 23.3. The Hall–Kier alpha value is -0.840. The Labute approximate surface area is 311 Å². The van der Waals surface area contributed by atoms with E-state index in [4.69, 9.17) is 0 Å². The monoisotopic (exact) mass is 726 g/mol. The van der Waals surface area contributed by atoms with Gasteiger partial charge in [-0.1, -0.05) is 219 Å². The molecule has 0 fully saturated rings. The summed E-state index contributed by atoms with van der Waals surface area (Å²) in [5.41, 5.74) is -0.338. The summed E-state index contributed by atoms with van der Waals surface area (Å²) in [6, 6.07) is -1.28. The zero-order chi connectivity index (χ0) is 36.8. The van der Waals surface area contributed by atoms with Crippen LogP contribution in [0.2, 0.25) is 0 Å². The van der Waals surface area contributed by atoms with Crippen LogP contribution in [0.5, 0.6) is 0 Å². The molecule has 0 aliphatic rings. The lowest BCUT2D eigenvalue weighted by Crippen LogP contribution is -2.39. The maximum Gasteiger partial charge on any atom is 0.323 e. The molecule has 1 atom stereocenters. The van der Waals surface area contributed by atoms with E-state index in [1.54, 1.807) is 0 Å². The molecule has 0 amide bonds. The van der Waals surface area contributed by atoms with Crippen molar-refractivity contribution in [3.05, 3.63) is 0 Å². The van der Waals surface area contributed by atoms with Crippen LogP contribution in [0.4, 0.5) is 0 Å². The van der Waals surface area contributed by atoms with Gasteiger partial charge in [-0.05, 0) is 12.8 Å². The van der Waals surface area contributed by atoms with Crippen molar-refractivity contribution in [2.75, 3.05) is 6.61 Å². The van der Waals surface area contributed by atoms with Gasteiger partial charge in [-0.15, -0.1) is 0 Å². The Morgan fingerprint density at radius 2 is 0.640 bits per heavy atom. The lowest BCUT2D eigenvalue weighted by atomic mass is 10.0. The Morgan fingerprint density at radius 3 is 0.840 bits per heavy atom. The molecule has 0 aliphatic heterocycles. The minimum Gasteiger partial charge on any atom is -0.480 e. The smallest absolute Gasteiger partial charge is 0.323 e. The molecule has 0 radical (unpaired) electrons. The molecular formula is C43H84NO5P. The van der Waals surface area contributed by atoms with Crippen LogP contribution in [-0.2, 0) is 14.4 Å². The van der Waals surface area contributed by atoms with Crippen LogP contribution in [0, 0.1) is 0 Å². The van der Waals surface area contributed by atoms with Gasteiger partial charge in [-0.3, -0.25) is 19.5 Å². The predicted molar refractivity (Wildman–Crippen MR) is 216 cm³/mol. The normalized spacial score (nSPS) is 12.2. The summed E-state index contributed by atoms with van der Waals surface area (Å²) in [6.07, 6.45) is 43.9. The van der Waals surface area contributed by atoms with Gasteiger partial charge in [0.1, 0.15) is 14.1 Å². The highest BCUT2D eigenvalue weighted by Crippen LogP contribution is 2.38. The summed E-state index contributed by atoms with van der Waals surface area (Å²) >= 11 is 0. The molecule has 7 heteroatoms. The topological polar surface area (TPSA) is 104 Å². The number of carbonyl (C=O) groups is 3. The molecule has 0 saturated heterocycles. The summed E-state index contributed by atoms with van der Waals surface area (Å²) in [7, 11) is -1.92. The maximum absolute atomic E-state index is 13.1. The number of rotatable bonds is 42. The fourth-order valence-electron chi connectivity index (χ4n) is 6.84. The Kier molecular flexibility index (Phi) is 38.7. The van der Waals surface area contributed by atoms with Crippen molar-refractivity contribution in [3.8, 4) is 0 Å². The third kappa shape index (κ3) is 33.0. The molecule has 0 bridgehead atoms. The number of carboxylic acids is 1. The van der Waals surface area contributed by atoms with Crippen molar-refractivity contribution < 1.29 is 24.6 Å². The second kappa shape index (κ2) is 39.4. The molecule has 0 spiro atoms. The van der Waals surface area contributed by atoms with Crippen molar-refractivity contribution in [1.29, 1.82) is 0 Å². The first-order valence-electron chi connectivity index (χ1n) is 21.9. The second-order valence-electron chi connectivity index (χ2n) is 15.1. The third-order valence-electron chi connectivity index (χ3n) is 10.3. The molecule has 3 N–H and O–H groups in total. The Bertz CT molecular complexity index is 714. The van der Waals surface area contributed by atoms with Crippen LogP contribution in [0.15, 0.2) is 0 Å². The number of nitrogens with one attached hydrogen (secondary N) is 1. The van der Waals surface area contributed by atoms with E-state index in [-0.39, 0.29) is 11.0 Å². The van der Waals surface area contributed by atoms with E-state index < -0.39 is 26.7 Å². The standard InChI is InChI=1S/C43H84NO5P/c1-3-5-7-9-11-13-15-17-19-21-23-25-27-29-31-33-35-37-41(46)50(44-40(39-45)43(48)49)42(47)38-36-34-32-30-28-26-24-22-20-18-16-14-12-10-8-6-4-2/h40,44-45H,3-39H2,1-2H3,(H,48,49). The minimum atomic E-state index is -1.92. The van der Waals surface area contributed by atoms with Crippen molar-refractivity contribution >= 4 is 25.1 Å². The van der Waals surface area contributed by atoms with Crippen LogP contribution in [0.1, 0.15) is 245 Å². The second-order valence-corrected chi connectivity index (χ2v) is 17.1. The van der Waals surface area contributed by atoms with Gasteiger partial charge >= 0.3 is 5.97 Å². The van der Waals surface area contributed by atoms with E-state index in [1.165, 1.54) is 180 Å². The predicted octanol–water partition coefficient (Wildman–Crippen LogP) is 13.6. The Balaban J connectivity index is 3.99. The summed E-state index contributed by atoms with van der Waals surface area (Å²) in [4.78, 5) is 37.7. The summed E-state index contributed by atoms with van der Waals surface area (Å²) in [6.45, 7) is 3.91. The molecule has 0 rings (SSSR count). The molecule has 296 valence electrons. The van der Waals surface area contributed by atoms with Gasteiger partial charge in [-0.2, -0.15) is 0 Å². The van der Waals surface area contributed by atoms with Gasteiger partial charge < -0.3 is 10.2 Å². The van der Waals surface area contributed by atoms with Crippen molar-refractivity contribution in [1.82, 2.24) is 5.09 Å². The highest BCUT2D eigenvalue weighted by atomic mass is 31.1. The highest BCUT2D eigenvalue weighted by Gasteiger charge is 2.30. The quantitative estimate of drug-likeness (QED) is 0.0427. The van der Waals surface area contributed by atoms with Crippen LogP contribution >= 0.6 is 8.07 Å². The van der Waals surface area contributed by atoms with Gasteiger partial charge in [0.05, 0.1) is 6.61 Å². The molecular weight excluding hydrogens is 641 g/mol. The molecule has 0 aromatic heterocycles. The molecule has 0 aliphatic carbocycles. The molecule has 0 saturated carbocycles. The van der Waals surface area contributed by atoms with Gasteiger partial charge in [0.15, 0.2) is 11.0 Å². The van der Waals surface area contributed by atoms with Crippen molar-refractivity contribution in [2.24, 2.45) is 0 Å². The van der Waals surface area contributed by atoms with E-state index in [1.807, 2.05) is 0 Å². The number of carbonyl (C=O) groups excluding carboxylic acids is 2. The Morgan fingerprint density at radius 1 is 0.420 bits per heavy atom. The largest absolute Gasteiger partial charge is 0.480 e. The molecule has 50 heavy (non-hydrogen) atoms. The SMILES string of the molecule is CCCCCCCCCCCCCCCCCCCC(=O)P(NC(CO)C(=O)O)C(=O)CCCCCCCCCCCCCCCCCCC. The number of hydrogen-bond acceptors (Lipinski definition) is 5. The minimum absolute atomic E-state index is 0.169. The summed E-state index contributed by atoms with van der Waals surface area (Å²) < 4.78 is 0.